The van der Waals surface area contributed by atoms with Crippen LogP contribution in [-0.2, 0) is 4.79 Å². The Morgan fingerprint density at radius 1 is 1.08 bits per heavy atom. The van der Waals surface area contributed by atoms with Gasteiger partial charge in [0.2, 0.25) is 5.91 Å². The van der Waals surface area contributed by atoms with E-state index in [1.807, 2.05) is 0 Å². The van der Waals surface area contributed by atoms with Crippen LogP contribution in [0.25, 0.3) is 0 Å². The van der Waals surface area contributed by atoms with Crippen molar-refractivity contribution >= 4 is 5.91 Å². The van der Waals surface area contributed by atoms with E-state index in [9.17, 15) is 4.79 Å². The number of rotatable bonds is 9. The van der Waals surface area contributed by atoms with E-state index in [-0.39, 0.29) is 5.92 Å². The maximum atomic E-state index is 12.7. The van der Waals surface area contributed by atoms with E-state index >= 15 is 0 Å². The van der Waals surface area contributed by atoms with E-state index in [0.29, 0.717) is 11.3 Å². The second kappa shape index (κ2) is 9.25. The zero-order valence-electron chi connectivity index (χ0n) is 16.8. The Morgan fingerprint density at radius 2 is 1.75 bits per heavy atom. The highest BCUT2D eigenvalue weighted by atomic mass is 16.2. The minimum atomic E-state index is 0.276. The van der Waals surface area contributed by atoms with Gasteiger partial charge in [0, 0.05) is 19.0 Å². The molecule has 2 unspecified atom stereocenters. The lowest BCUT2D eigenvalue weighted by Crippen LogP contribution is -2.50. The minimum Gasteiger partial charge on any atom is -0.342 e. The smallest absolute Gasteiger partial charge is 0.225 e. The summed E-state index contributed by atoms with van der Waals surface area (Å²) >= 11 is 0. The normalized spacial score (nSPS) is 23.1. The van der Waals surface area contributed by atoms with Crippen molar-refractivity contribution in [2.75, 3.05) is 13.1 Å². The number of hydrogen-bond acceptors (Lipinski definition) is 1. The van der Waals surface area contributed by atoms with E-state index in [0.717, 1.165) is 44.2 Å². The lowest BCUT2D eigenvalue weighted by atomic mass is 9.56. The summed E-state index contributed by atoms with van der Waals surface area (Å²) in [7, 11) is 0. The zero-order valence-corrected chi connectivity index (χ0v) is 16.8. The van der Waals surface area contributed by atoms with Crippen LogP contribution in [0.3, 0.4) is 0 Å². The highest BCUT2D eigenvalue weighted by Crippen LogP contribution is 2.54. The summed E-state index contributed by atoms with van der Waals surface area (Å²) in [5, 5.41) is 0. The molecule has 0 N–H and O–H groups in total. The van der Waals surface area contributed by atoms with Gasteiger partial charge >= 0.3 is 0 Å². The number of amides is 1. The lowest BCUT2D eigenvalue weighted by molar-refractivity contribution is -0.140. The van der Waals surface area contributed by atoms with Crippen LogP contribution in [0, 0.1) is 23.2 Å². The van der Waals surface area contributed by atoms with E-state index in [2.05, 4.69) is 32.6 Å². The molecule has 140 valence electrons. The predicted molar refractivity (Wildman–Crippen MR) is 103 cm³/mol. The van der Waals surface area contributed by atoms with Gasteiger partial charge in [-0.05, 0) is 62.2 Å². The fourth-order valence-electron chi connectivity index (χ4n) is 5.29. The molecule has 2 nitrogen and oxygen atoms in total. The van der Waals surface area contributed by atoms with Crippen LogP contribution in [0.15, 0.2) is 0 Å². The molecule has 2 fully saturated rings. The number of hydrogen-bond donors (Lipinski definition) is 0. The summed E-state index contributed by atoms with van der Waals surface area (Å²) in [5.74, 6) is 2.60. The number of likely N-dealkylation sites (tertiary alicyclic amines) is 1. The molecule has 1 saturated heterocycles. The topological polar surface area (TPSA) is 20.3 Å². The fourth-order valence-corrected chi connectivity index (χ4v) is 5.29. The van der Waals surface area contributed by atoms with Gasteiger partial charge in [-0.3, -0.25) is 4.79 Å². The molecule has 1 amide bonds. The van der Waals surface area contributed by atoms with Gasteiger partial charge in [-0.15, -0.1) is 0 Å². The van der Waals surface area contributed by atoms with Crippen LogP contribution < -0.4 is 0 Å². The second-order valence-corrected chi connectivity index (χ2v) is 8.98. The van der Waals surface area contributed by atoms with Crippen molar-refractivity contribution in [3.63, 3.8) is 0 Å². The van der Waals surface area contributed by atoms with Crippen LogP contribution in [0.2, 0.25) is 0 Å². The molecule has 1 saturated carbocycles. The molecule has 24 heavy (non-hydrogen) atoms. The molecule has 0 aromatic rings. The van der Waals surface area contributed by atoms with E-state index in [1.54, 1.807) is 0 Å². The molecule has 0 bridgehead atoms. The number of carbonyl (C=O) groups excluding carboxylic acids is 1. The first-order valence-corrected chi connectivity index (χ1v) is 10.8. The monoisotopic (exact) mass is 335 g/mol. The average molecular weight is 336 g/mol. The minimum absolute atomic E-state index is 0.276. The number of unbranched alkanes of at least 4 members (excludes halogenated alkanes) is 1. The third-order valence-corrected chi connectivity index (χ3v) is 6.84. The summed E-state index contributed by atoms with van der Waals surface area (Å²) in [4.78, 5) is 14.9. The molecule has 1 aliphatic carbocycles. The second-order valence-electron chi connectivity index (χ2n) is 8.98. The van der Waals surface area contributed by atoms with Gasteiger partial charge in [-0.1, -0.05) is 53.4 Å². The van der Waals surface area contributed by atoms with Crippen LogP contribution >= 0.6 is 0 Å². The van der Waals surface area contributed by atoms with Crippen molar-refractivity contribution in [3.05, 3.63) is 0 Å². The molecule has 2 aliphatic rings. The Bertz CT molecular complexity index is 375. The van der Waals surface area contributed by atoms with Crippen molar-refractivity contribution in [1.29, 1.82) is 0 Å². The summed E-state index contributed by atoms with van der Waals surface area (Å²) in [6.45, 7) is 11.1. The van der Waals surface area contributed by atoms with Crippen molar-refractivity contribution in [3.8, 4) is 0 Å². The molecular weight excluding hydrogens is 294 g/mol. The lowest BCUT2D eigenvalue weighted by Gasteiger charge is -2.53. The van der Waals surface area contributed by atoms with Crippen LogP contribution in [0.5, 0.6) is 0 Å². The highest BCUT2D eigenvalue weighted by molar-refractivity contribution is 5.78. The molecule has 2 heteroatoms. The SMILES string of the molecule is CCCCC(C)CC1CC2(CCN(C(=O)C(CC)CCC)CC2)C1. The highest BCUT2D eigenvalue weighted by Gasteiger charge is 2.46. The van der Waals surface area contributed by atoms with Gasteiger partial charge in [-0.25, -0.2) is 0 Å². The Labute approximate surface area is 150 Å². The van der Waals surface area contributed by atoms with Crippen LogP contribution in [-0.4, -0.2) is 23.9 Å². The Balaban J connectivity index is 1.71. The Hall–Kier alpha value is -0.530. The van der Waals surface area contributed by atoms with E-state index in [4.69, 9.17) is 0 Å². The molecule has 2 rings (SSSR count). The van der Waals surface area contributed by atoms with Crippen LogP contribution in [0.1, 0.15) is 98.3 Å². The molecule has 0 radical (unpaired) electrons. The van der Waals surface area contributed by atoms with Crippen molar-refractivity contribution in [2.24, 2.45) is 23.2 Å². The van der Waals surface area contributed by atoms with Gasteiger partial charge < -0.3 is 4.90 Å². The summed E-state index contributed by atoms with van der Waals surface area (Å²) in [6, 6.07) is 0. The van der Waals surface area contributed by atoms with E-state index < -0.39 is 0 Å². The number of nitrogens with zero attached hydrogens (tertiary/aromatic N) is 1. The fraction of sp³-hybridized carbons (Fsp3) is 0.955. The molecular formula is C22H41NO. The molecule has 0 aromatic heterocycles. The van der Waals surface area contributed by atoms with Gasteiger partial charge in [-0.2, -0.15) is 0 Å². The third kappa shape index (κ3) is 4.99. The van der Waals surface area contributed by atoms with Crippen molar-refractivity contribution < 1.29 is 4.79 Å². The molecule has 1 spiro atoms. The first-order chi connectivity index (χ1) is 11.5. The third-order valence-electron chi connectivity index (χ3n) is 6.84. The first kappa shape index (κ1) is 19.8. The standard InChI is InChI=1S/C22H41NO/c1-5-8-10-18(4)15-19-16-22(17-19)11-13-23(14-12-22)21(24)20(7-3)9-6-2/h18-20H,5-17H2,1-4H3. The molecule has 1 heterocycles. The maximum Gasteiger partial charge on any atom is 0.225 e. The van der Waals surface area contributed by atoms with Crippen molar-refractivity contribution in [1.82, 2.24) is 4.90 Å². The molecule has 1 aliphatic heterocycles. The largest absolute Gasteiger partial charge is 0.342 e. The summed E-state index contributed by atoms with van der Waals surface area (Å²) in [5.41, 5.74) is 0.610. The summed E-state index contributed by atoms with van der Waals surface area (Å²) < 4.78 is 0. The molecule has 0 aromatic carbocycles. The molecule has 2 atom stereocenters. The summed E-state index contributed by atoms with van der Waals surface area (Å²) in [6.07, 6.45) is 14.2. The quantitative estimate of drug-likeness (QED) is 0.502. The van der Waals surface area contributed by atoms with Gasteiger partial charge in [0.15, 0.2) is 0 Å². The predicted octanol–water partition coefficient (Wildman–Crippen LogP) is 6.05. The van der Waals surface area contributed by atoms with E-state index in [1.165, 1.54) is 51.4 Å². The van der Waals surface area contributed by atoms with Gasteiger partial charge in [0.05, 0.1) is 0 Å². The van der Waals surface area contributed by atoms with Gasteiger partial charge in [0.25, 0.3) is 0 Å². The number of piperidine rings is 1. The maximum absolute atomic E-state index is 12.7. The van der Waals surface area contributed by atoms with Gasteiger partial charge in [0.1, 0.15) is 0 Å². The van der Waals surface area contributed by atoms with Crippen molar-refractivity contribution in [2.45, 2.75) is 98.3 Å². The number of carbonyl (C=O) groups is 1. The Morgan fingerprint density at radius 3 is 2.29 bits per heavy atom. The average Bonchev–Trinajstić information content (AvgIpc) is 2.56. The Kier molecular flexibility index (Phi) is 7.62. The first-order valence-electron chi connectivity index (χ1n) is 10.8. The van der Waals surface area contributed by atoms with Crippen LogP contribution in [0.4, 0.5) is 0 Å². The zero-order chi connectivity index (χ0) is 17.6.